The van der Waals surface area contributed by atoms with Crippen LogP contribution >= 0.6 is 0 Å². The smallest absolute Gasteiger partial charge is 0.329 e. The summed E-state index contributed by atoms with van der Waals surface area (Å²) in [5, 5.41) is 8.46. The number of amides is 1. The Hall–Kier alpha value is -1.10. The van der Waals surface area contributed by atoms with Crippen LogP contribution in [0.2, 0.25) is 0 Å². The molecule has 1 heterocycles. The van der Waals surface area contributed by atoms with E-state index in [1.807, 2.05) is 0 Å². The zero-order valence-electron chi connectivity index (χ0n) is 12.1. The monoisotopic (exact) mass is 271 g/mol. The van der Waals surface area contributed by atoms with Gasteiger partial charge < -0.3 is 14.7 Å². The van der Waals surface area contributed by atoms with Gasteiger partial charge in [-0.3, -0.25) is 4.79 Å². The number of hydrogen-bond donors (Lipinski definition) is 1. The SMILES string of the molecule is CC(C)(C)C1CCCN(C(=O)COCC(=O)O)CC1. The summed E-state index contributed by atoms with van der Waals surface area (Å²) in [4.78, 5) is 24.0. The van der Waals surface area contributed by atoms with Crippen molar-refractivity contribution in [1.82, 2.24) is 4.90 Å². The molecule has 110 valence electrons. The van der Waals surface area contributed by atoms with Gasteiger partial charge in [0.1, 0.15) is 13.2 Å². The van der Waals surface area contributed by atoms with Crippen LogP contribution in [-0.4, -0.2) is 48.2 Å². The quantitative estimate of drug-likeness (QED) is 0.846. The second-order valence-electron chi connectivity index (χ2n) is 6.26. The maximum absolute atomic E-state index is 11.9. The fraction of sp³-hybridized carbons (Fsp3) is 0.857. The molecule has 1 fully saturated rings. The standard InChI is InChI=1S/C14H25NO4/c1-14(2,3)11-5-4-7-15(8-6-11)12(16)9-19-10-13(17)18/h11H,4-10H2,1-3H3,(H,17,18). The molecule has 1 rings (SSSR count). The molecule has 1 unspecified atom stereocenters. The van der Waals surface area contributed by atoms with Crippen LogP contribution in [0.1, 0.15) is 40.0 Å². The molecule has 1 amide bonds. The highest BCUT2D eigenvalue weighted by Crippen LogP contribution is 2.34. The summed E-state index contributed by atoms with van der Waals surface area (Å²) in [7, 11) is 0. The third kappa shape index (κ3) is 5.59. The first-order chi connectivity index (χ1) is 8.80. The predicted molar refractivity (Wildman–Crippen MR) is 71.8 cm³/mol. The van der Waals surface area contributed by atoms with Gasteiger partial charge in [-0.25, -0.2) is 4.79 Å². The first-order valence-corrected chi connectivity index (χ1v) is 6.88. The van der Waals surface area contributed by atoms with Gasteiger partial charge in [0.2, 0.25) is 5.91 Å². The van der Waals surface area contributed by atoms with Crippen LogP contribution in [0, 0.1) is 11.3 Å². The molecule has 19 heavy (non-hydrogen) atoms. The zero-order chi connectivity index (χ0) is 14.5. The van der Waals surface area contributed by atoms with Crippen LogP contribution in [0.4, 0.5) is 0 Å². The van der Waals surface area contributed by atoms with Crippen LogP contribution < -0.4 is 0 Å². The molecule has 1 atom stereocenters. The number of carboxylic acid groups (broad SMARTS) is 1. The Balaban J connectivity index is 2.39. The summed E-state index contributed by atoms with van der Waals surface area (Å²) in [5.41, 5.74) is 0.277. The van der Waals surface area contributed by atoms with E-state index in [1.54, 1.807) is 4.90 Å². The summed E-state index contributed by atoms with van der Waals surface area (Å²) < 4.78 is 4.85. The summed E-state index contributed by atoms with van der Waals surface area (Å²) in [5.74, 6) is -0.516. The van der Waals surface area contributed by atoms with E-state index < -0.39 is 12.6 Å². The third-order valence-corrected chi connectivity index (χ3v) is 3.76. The Bertz CT molecular complexity index is 322. The topological polar surface area (TPSA) is 66.8 Å². The molecular weight excluding hydrogens is 246 g/mol. The van der Waals surface area contributed by atoms with Crippen LogP contribution in [0.15, 0.2) is 0 Å². The molecule has 5 nitrogen and oxygen atoms in total. The lowest BCUT2D eigenvalue weighted by molar-refractivity contribution is -0.145. The number of rotatable bonds is 4. The molecule has 5 heteroatoms. The van der Waals surface area contributed by atoms with Crippen molar-refractivity contribution in [2.45, 2.75) is 40.0 Å². The molecule has 1 saturated heterocycles. The molecule has 0 saturated carbocycles. The van der Waals surface area contributed by atoms with Crippen LogP contribution in [-0.2, 0) is 14.3 Å². The Kier molecular flexibility index (Phi) is 5.79. The number of nitrogens with zero attached hydrogens (tertiary/aromatic N) is 1. The molecule has 1 N–H and O–H groups in total. The van der Waals surface area contributed by atoms with Crippen molar-refractivity contribution in [2.75, 3.05) is 26.3 Å². The highest BCUT2D eigenvalue weighted by molar-refractivity contribution is 5.78. The van der Waals surface area contributed by atoms with Crippen molar-refractivity contribution in [2.24, 2.45) is 11.3 Å². The Morgan fingerprint density at radius 3 is 2.47 bits per heavy atom. The van der Waals surface area contributed by atoms with Gasteiger partial charge >= 0.3 is 5.97 Å². The lowest BCUT2D eigenvalue weighted by atomic mass is 9.77. The van der Waals surface area contributed by atoms with Crippen molar-refractivity contribution < 1.29 is 19.4 Å². The van der Waals surface area contributed by atoms with Gasteiger partial charge in [-0.2, -0.15) is 0 Å². The van der Waals surface area contributed by atoms with E-state index >= 15 is 0 Å². The Morgan fingerprint density at radius 1 is 1.21 bits per heavy atom. The minimum absolute atomic E-state index is 0.101. The summed E-state index contributed by atoms with van der Waals surface area (Å²) in [6.45, 7) is 7.68. The number of aliphatic carboxylic acids is 1. The molecular formula is C14H25NO4. The van der Waals surface area contributed by atoms with Crippen molar-refractivity contribution in [1.29, 1.82) is 0 Å². The second-order valence-corrected chi connectivity index (χ2v) is 6.26. The van der Waals surface area contributed by atoms with Crippen molar-refractivity contribution >= 4 is 11.9 Å². The number of hydrogen-bond acceptors (Lipinski definition) is 3. The van der Waals surface area contributed by atoms with Gasteiger partial charge in [0.15, 0.2) is 0 Å². The van der Waals surface area contributed by atoms with E-state index in [-0.39, 0.29) is 17.9 Å². The average molecular weight is 271 g/mol. The van der Waals surface area contributed by atoms with Crippen molar-refractivity contribution in [3.63, 3.8) is 0 Å². The van der Waals surface area contributed by atoms with Crippen LogP contribution in [0.3, 0.4) is 0 Å². The molecule has 0 aliphatic carbocycles. The lowest BCUT2D eigenvalue weighted by Crippen LogP contribution is -2.35. The fourth-order valence-corrected chi connectivity index (χ4v) is 2.53. The number of ether oxygens (including phenoxy) is 1. The molecule has 1 aliphatic heterocycles. The van der Waals surface area contributed by atoms with E-state index in [0.717, 1.165) is 32.4 Å². The molecule has 0 radical (unpaired) electrons. The van der Waals surface area contributed by atoms with E-state index in [0.29, 0.717) is 5.92 Å². The molecule has 0 aromatic carbocycles. The van der Waals surface area contributed by atoms with Gasteiger partial charge in [0.25, 0.3) is 0 Å². The van der Waals surface area contributed by atoms with Crippen molar-refractivity contribution in [3.8, 4) is 0 Å². The largest absolute Gasteiger partial charge is 0.480 e. The third-order valence-electron chi connectivity index (χ3n) is 3.76. The van der Waals surface area contributed by atoms with E-state index in [4.69, 9.17) is 9.84 Å². The average Bonchev–Trinajstić information content (AvgIpc) is 2.52. The van der Waals surface area contributed by atoms with E-state index in [1.165, 1.54) is 0 Å². The minimum atomic E-state index is -1.04. The van der Waals surface area contributed by atoms with Gasteiger partial charge in [-0.1, -0.05) is 20.8 Å². The molecule has 0 spiro atoms. The predicted octanol–water partition coefficient (Wildman–Crippen LogP) is 1.76. The van der Waals surface area contributed by atoms with Gasteiger partial charge in [-0.15, -0.1) is 0 Å². The summed E-state index contributed by atoms with van der Waals surface area (Å²) in [6.07, 6.45) is 3.16. The summed E-state index contributed by atoms with van der Waals surface area (Å²) in [6, 6.07) is 0. The lowest BCUT2D eigenvalue weighted by Gasteiger charge is -2.29. The zero-order valence-corrected chi connectivity index (χ0v) is 12.1. The molecule has 1 aliphatic rings. The Morgan fingerprint density at radius 2 is 1.89 bits per heavy atom. The minimum Gasteiger partial charge on any atom is -0.480 e. The van der Waals surface area contributed by atoms with E-state index in [2.05, 4.69) is 20.8 Å². The fourth-order valence-electron chi connectivity index (χ4n) is 2.53. The van der Waals surface area contributed by atoms with Gasteiger partial charge in [0, 0.05) is 13.1 Å². The highest BCUT2D eigenvalue weighted by atomic mass is 16.5. The highest BCUT2D eigenvalue weighted by Gasteiger charge is 2.28. The Labute approximate surface area is 114 Å². The summed E-state index contributed by atoms with van der Waals surface area (Å²) >= 11 is 0. The van der Waals surface area contributed by atoms with Crippen LogP contribution in [0.25, 0.3) is 0 Å². The number of carbonyl (C=O) groups is 2. The molecule has 0 aromatic rings. The van der Waals surface area contributed by atoms with Crippen molar-refractivity contribution in [3.05, 3.63) is 0 Å². The van der Waals surface area contributed by atoms with Crippen LogP contribution in [0.5, 0.6) is 0 Å². The van der Waals surface area contributed by atoms with Gasteiger partial charge in [0.05, 0.1) is 0 Å². The van der Waals surface area contributed by atoms with E-state index in [9.17, 15) is 9.59 Å². The normalized spacial score (nSPS) is 21.0. The maximum atomic E-state index is 11.9. The molecule has 0 bridgehead atoms. The first kappa shape index (κ1) is 16.0. The maximum Gasteiger partial charge on any atom is 0.329 e. The molecule has 0 aromatic heterocycles. The second kappa shape index (κ2) is 6.89. The first-order valence-electron chi connectivity index (χ1n) is 6.88. The number of carbonyl (C=O) groups excluding carboxylic acids is 1. The van der Waals surface area contributed by atoms with Gasteiger partial charge in [-0.05, 0) is 30.6 Å². The number of likely N-dealkylation sites (tertiary alicyclic amines) is 1. The number of carboxylic acids is 1.